The van der Waals surface area contributed by atoms with Gasteiger partial charge in [0.05, 0.1) is 24.0 Å². The van der Waals surface area contributed by atoms with E-state index in [4.69, 9.17) is 9.53 Å². The number of hydrogen-bond donors (Lipinski definition) is 2. The normalized spacial score (nSPS) is 26.4. The summed E-state index contributed by atoms with van der Waals surface area (Å²) in [7, 11) is -1.96. The lowest BCUT2D eigenvalue weighted by Gasteiger charge is -2.46. The number of hydrogen-bond acceptors (Lipinski definition) is 3. The van der Waals surface area contributed by atoms with Crippen LogP contribution in [-0.4, -0.2) is 37.4 Å². The van der Waals surface area contributed by atoms with E-state index in [0.717, 1.165) is 0 Å². The zero-order valence-corrected chi connectivity index (χ0v) is 14.5. The summed E-state index contributed by atoms with van der Waals surface area (Å²) in [5, 5.41) is 11.8. The van der Waals surface area contributed by atoms with Crippen molar-refractivity contribution in [2.24, 2.45) is 11.8 Å². The van der Waals surface area contributed by atoms with Gasteiger partial charge in [-0.2, -0.15) is 0 Å². The lowest BCUT2D eigenvalue weighted by Crippen LogP contribution is -2.66. The summed E-state index contributed by atoms with van der Waals surface area (Å²) < 4.78 is 6.22. The highest BCUT2D eigenvalue weighted by Crippen LogP contribution is 2.39. The van der Waals surface area contributed by atoms with Gasteiger partial charge in [0.25, 0.3) is 0 Å². The first kappa shape index (κ1) is 17.2. The highest BCUT2D eigenvalue weighted by Gasteiger charge is 2.50. The number of aliphatic carboxylic acids is 1. The van der Waals surface area contributed by atoms with E-state index in [0.29, 0.717) is 0 Å². The highest BCUT2D eigenvalue weighted by molar-refractivity contribution is 6.74. The van der Waals surface area contributed by atoms with Gasteiger partial charge in [0.15, 0.2) is 8.32 Å². The van der Waals surface area contributed by atoms with Crippen LogP contribution in [0, 0.1) is 11.8 Å². The predicted octanol–water partition coefficient (Wildman–Crippen LogP) is 2.23. The molecule has 1 aliphatic rings. The van der Waals surface area contributed by atoms with Crippen LogP contribution in [0.15, 0.2) is 0 Å². The molecule has 0 spiro atoms. The van der Waals surface area contributed by atoms with Crippen molar-refractivity contribution in [2.75, 3.05) is 0 Å². The second-order valence-electron chi connectivity index (χ2n) is 7.27. The molecule has 6 heteroatoms. The molecular formula is C14H27NO4Si. The fourth-order valence-electron chi connectivity index (χ4n) is 2.23. The van der Waals surface area contributed by atoms with Crippen LogP contribution in [0.1, 0.15) is 34.6 Å². The van der Waals surface area contributed by atoms with Gasteiger partial charge in [-0.05, 0) is 32.0 Å². The summed E-state index contributed by atoms with van der Waals surface area (Å²) in [5.74, 6) is -1.95. The lowest BCUT2D eigenvalue weighted by atomic mass is 9.79. The van der Waals surface area contributed by atoms with E-state index in [1.54, 1.807) is 6.92 Å². The maximum Gasteiger partial charge on any atom is 0.308 e. The molecule has 20 heavy (non-hydrogen) atoms. The Bertz CT molecular complexity index is 402. The maximum atomic E-state index is 11.8. The molecule has 1 amide bonds. The molecule has 1 rings (SSSR count). The van der Waals surface area contributed by atoms with Gasteiger partial charge in [0, 0.05) is 0 Å². The fourth-order valence-corrected chi connectivity index (χ4v) is 3.66. The Labute approximate surface area is 122 Å². The second kappa shape index (κ2) is 5.48. The van der Waals surface area contributed by atoms with Crippen LogP contribution in [0.5, 0.6) is 0 Å². The van der Waals surface area contributed by atoms with E-state index in [1.165, 1.54) is 0 Å². The van der Waals surface area contributed by atoms with Gasteiger partial charge >= 0.3 is 5.97 Å². The number of nitrogens with one attached hydrogen (secondary N) is 1. The molecule has 1 fully saturated rings. The van der Waals surface area contributed by atoms with Crippen LogP contribution < -0.4 is 5.32 Å². The Morgan fingerprint density at radius 2 is 1.85 bits per heavy atom. The molecule has 4 atom stereocenters. The third-order valence-corrected chi connectivity index (χ3v) is 9.29. The summed E-state index contributed by atoms with van der Waals surface area (Å²) in [6.07, 6.45) is -0.253. The first-order chi connectivity index (χ1) is 8.88. The van der Waals surface area contributed by atoms with Gasteiger partial charge in [-0.1, -0.05) is 20.8 Å². The van der Waals surface area contributed by atoms with Crippen molar-refractivity contribution in [3.8, 4) is 0 Å². The van der Waals surface area contributed by atoms with Crippen molar-refractivity contribution >= 4 is 20.2 Å². The first-order valence-corrected chi connectivity index (χ1v) is 10.0. The molecule has 1 unspecified atom stereocenters. The van der Waals surface area contributed by atoms with Crippen LogP contribution in [0.4, 0.5) is 0 Å². The van der Waals surface area contributed by atoms with Crippen molar-refractivity contribution in [1.29, 1.82) is 0 Å². The Kier molecular flexibility index (Phi) is 4.71. The number of carbonyl (C=O) groups is 2. The van der Waals surface area contributed by atoms with E-state index < -0.39 is 20.2 Å². The third kappa shape index (κ3) is 3.23. The van der Waals surface area contributed by atoms with E-state index in [-0.39, 0.29) is 29.0 Å². The lowest BCUT2D eigenvalue weighted by molar-refractivity contribution is -0.151. The average molecular weight is 301 g/mol. The number of carboxylic acids is 1. The Morgan fingerprint density at radius 3 is 2.20 bits per heavy atom. The number of carbonyl (C=O) groups excluding carboxylic acids is 1. The summed E-state index contributed by atoms with van der Waals surface area (Å²) in [5.41, 5.74) is 0. The molecule has 0 aromatic rings. The van der Waals surface area contributed by atoms with E-state index >= 15 is 0 Å². The molecule has 0 saturated carbocycles. The molecule has 1 saturated heterocycles. The van der Waals surface area contributed by atoms with E-state index in [9.17, 15) is 9.59 Å². The van der Waals surface area contributed by atoms with E-state index in [2.05, 4.69) is 39.2 Å². The smallest absolute Gasteiger partial charge is 0.308 e. The summed E-state index contributed by atoms with van der Waals surface area (Å²) in [6.45, 7) is 14.2. The quantitative estimate of drug-likeness (QED) is 0.603. The minimum absolute atomic E-state index is 0.0649. The zero-order valence-electron chi connectivity index (χ0n) is 13.5. The van der Waals surface area contributed by atoms with Gasteiger partial charge in [-0.25, -0.2) is 0 Å². The van der Waals surface area contributed by atoms with Crippen molar-refractivity contribution < 1.29 is 19.1 Å². The first-order valence-electron chi connectivity index (χ1n) is 7.09. The molecule has 1 heterocycles. The summed E-state index contributed by atoms with van der Waals surface area (Å²) in [4.78, 5) is 22.8. The van der Waals surface area contributed by atoms with Crippen LogP contribution in [0.2, 0.25) is 18.1 Å². The minimum Gasteiger partial charge on any atom is -0.481 e. The molecule has 0 bridgehead atoms. The van der Waals surface area contributed by atoms with Crippen molar-refractivity contribution in [1.82, 2.24) is 5.32 Å². The topological polar surface area (TPSA) is 75.6 Å². The van der Waals surface area contributed by atoms with Gasteiger partial charge in [-0.15, -0.1) is 0 Å². The SMILES string of the molecule is CC(O[Si](C)(C)C(C)(C)C)[C@H]1C(=O)N[C@@H]1[C@H](C)C(=O)O. The standard InChI is InChI=1S/C14H27NO4Si/c1-8(13(17)18)11-10(12(16)15-11)9(2)19-20(6,7)14(3,4)5/h8-11H,1-7H3,(H,15,16)(H,17,18)/t8-,9?,10+,11+/m0/s1. The van der Waals surface area contributed by atoms with Crippen LogP contribution >= 0.6 is 0 Å². The predicted molar refractivity (Wildman–Crippen MR) is 80.0 cm³/mol. The largest absolute Gasteiger partial charge is 0.481 e. The highest BCUT2D eigenvalue weighted by atomic mass is 28.4. The van der Waals surface area contributed by atoms with Gasteiger partial charge < -0.3 is 14.8 Å². The third-order valence-electron chi connectivity index (χ3n) is 4.72. The number of β-lactam (4-membered cyclic amide) rings is 1. The number of amides is 1. The van der Waals surface area contributed by atoms with E-state index in [1.807, 2.05) is 6.92 Å². The zero-order chi connectivity index (χ0) is 15.9. The molecule has 116 valence electrons. The van der Waals surface area contributed by atoms with Gasteiger partial charge in [-0.3, -0.25) is 9.59 Å². The molecule has 0 aromatic heterocycles. The Balaban J connectivity index is 2.78. The molecule has 0 radical (unpaired) electrons. The number of rotatable bonds is 5. The molecule has 0 aromatic carbocycles. The van der Waals surface area contributed by atoms with Crippen molar-refractivity contribution in [2.45, 2.75) is 64.9 Å². The molecule has 2 N–H and O–H groups in total. The van der Waals surface area contributed by atoms with Crippen molar-refractivity contribution in [3.05, 3.63) is 0 Å². The summed E-state index contributed by atoms with van der Waals surface area (Å²) >= 11 is 0. The number of carboxylic acid groups (broad SMARTS) is 1. The average Bonchev–Trinajstić information content (AvgIpc) is 2.21. The fraction of sp³-hybridized carbons (Fsp3) is 0.857. The Hall–Kier alpha value is -0.883. The molecule has 0 aliphatic carbocycles. The van der Waals surface area contributed by atoms with Gasteiger partial charge in [0.2, 0.25) is 5.91 Å². The Morgan fingerprint density at radius 1 is 1.35 bits per heavy atom. The molecular weight excluding hydrogens is 274 g/mol. The van der Waals surface area contributed by atoms with Crippen molar-refractivity contribution in [3.63, 3.8) is 0 Å². The van der Waals surface area contributed by atoms with Crippen LogP contribution in [-0.2, 0) is 14.0 Å². The minimum atomic E-state index is -1.96. The van der Waals surface area contributed by atoms with Crippen LogP contribution in [0.3, 0.4) is 0 Å². The summed E-state index contributed by atoms with van der Waals surface area (Å²) in [6, 6.07) is -0.334. The molecule has 5 nitrogen and oxygen atoms in total. The van der Waals surface area contributed by atoms with Gasteiger partial charge in [0.1, 0.15) is 0 Å². The monoisotopic (exact) mass is 301 g/mol. The van der Waals surface area contributed by atoms with Crippen LogP contribution in [0.25, 0.3) is 0 Å². The molecule has 1 aliphatic heterocycles. The maximum absolute atomic E-state index is 11.8. The second-order valence-corrected chi connectivity index (χ2v) is 12.0.